The molecule has 2 heterocycles. The lowest BCUT2D eigenvalue weighted by Gasteiger charge is -2.26. The van der Waals surface area contributed by atoms with Crippen LogP contribution in [0.15, 0.2) is 35.6 Å². The largest absolute Gasteiger partial charge is 0.347 e. The van der Waals surface area contributed by atoms with Gasteiger partial charge in [0.25, 0.3) is 0 Å². The maximum Gasteiger partial charge on any atom is 0.117 e. The van der Waals surface area contributed by atoms with E-state index >= 15 is 0 Å². The van der Waals surface area contributed by atoms with E-state index < -0.39 is 0 Å². The van der Waals surface area contributed by atoms with Crippen molar-refractivity contribution in [2.24, 2.45) is 4.99 Å². The minimum absolute atomic E-state index is 0.239. The molecule has 2 aliphatic heterocycles. The molecule has 3 rings (SSSR count). The van der Waals surface area contributed by atoms with E-state index in [2.05, 4.69) is 27.4 Å². The van der Waals surface area contributed by atoms with Crippen molar-refractivity contribution in [1.29, 1.82) is 0 Å². The van der Waals surface area contributed by atoms with Crippen molar-refractivity contribution < 1.29 is 0 Å². The van der Waals surface area contributed by atoms with Gasteiger partial charge in [0.1, 0.15) is 6.17 Å². The monoisotopic (exact) mass is 172 g/mol. The van der Waals surface area contributed by atoms with Crippen molar-refractivity contribution >= 4 is 6.21 Å². The Hall–Kier alpha value is -1.35. The van der Waals surface area contributed by atoms with Gasteiger partial charge in [-0.2, -0.15) is 0 Å². The average molecular weight is 172 g/mol. The van der Waals surface area contributed by atoms with E-state index in [1.807, 2.05) is 30.8 Å². The summed E-state index contributed by atoms with van der Waals surface area (Å²) < 4.78 is 0. The molecule has 1 aliphatic carbocycles. The zero-order valence-corrected chi connectivity index (χ0v) is 7.09. The molecule has 65 valence electrons. The van der Waals surface area contributed by atoms with Gasteiger partial charge in [0.05, 0.1) is 12.1 Å². The summed E-state index contributed by atoms with van der Waals surface area (Å²) in [4.78, 5) is 6.36. The van der Waals surface area contributed by atoms with Gasteiger partial charge in [-0.1, -0.05) is 18.2 Å². The van der Waals surface area contributed by atoms with Crippen LogP contribution in [-0.4, -0.2) is 29.4 Å². The van der Waals surface area contributed by atoms with Gasteiger partial charge >= 0.3 is 0 Å². The standard InChI is InChI=1S/C10H10N3/c1-2-4-9-8(3-1)12-10-7-11-5-6-13(9)10/h1-2,4-10,12H. The molecule has 0 bridgehead atoms. The third-order valence-electron chi connectivity index (χ3n) is 2.59. The second kappa shape index (κ2) is 2.57. The van der Waals surface area contributed by atoms with Crippen molar-refractivity contribution in [3.05, 3.63) is 36.7 Å². The smallest absolute Gasteiger partial charge is 0.117 e. The van der Waals surface area contributed by atoms with Crippen molar-refractivity contribution in [2.45, 2.75) is 18.2 Å². The van der Waals surface area contributed by atoms with Crippen LogP contribution in [0.2, 0.25) is 0 Å². The number of nitrogens with one attached hydrogen (secondary N) is 1. The first-order valence-electron chi connectivity index (χ1n) is 4.45. The number of nitrogens with zero attached hydrogens (tertiary/aromatic N) is 2. The Bertz CT molecular complexity index is 295. The fourth-order valence-corrected chi connectivity index (χ4v) is 1.97. The fourth-order valence-electron chi connectivity index (χ4n) is 1.97. The van der Waals surface area contributed by atoms with Gasteiger partial charge in [0.2, 0.25) is 0 Å². The van der Waals surface area contributed by atoms with Gasteiger partial charge in [-0.3, -0.25) is 10.3 Å². The lowest BCUT2D eigenvalue weighted by atomic mass is 10.0. The lowest BCUT2D eigenvalue weighted by Crippen LogP contribution is -2.36. The molecule has 3 nitrogen and oxygen atoms in total. The number of hydrogen-bond acceptors (Lipinski definition) is 3. The van der Waals surface area contributed by atoms with Crippen molar-refractivity contribution in [3.8, 4) is 0 Å². The van der Waals surface area contributed by atoms with E-state index in [-0.39, 0.29) is 6.17 Å². The number of rotatable bonds is 0. The van der Waals surface area contributed by atoms with E-state index in [0.717, 1.165) is 0 Å². The molecule has 1 saturated heterocycles. The Morgan fingerprint density at radius 2 is 2.46 bits per heavy atom. The first kappa shape index (κ1) is 7.09. The molecule has 0 spiro atoms. The molecule has 3 unspecified atom stereocenters. The molecule has 0 aromatic rings. The number of aliphatic imine (C=N–C) groups is 1. The maximum atomic E-state index is 4.11. The zero-order chi connectivity index (χ0) is 8.67. The highest BCUT2D eigenvalue weighted by atomic mass is 15.4. The highest BCUT2D eigenvalue weighted by Crippen LogP contribution is 2.22. The second-order valence-electron chi connectivity index (χ2n) is 3.34. The number of hydrogen-bond donors (Lipinski definition) is 1. The van der Waals surface area contributed by atoms with Crippen LogP contribution in [0.25, 0.3) is 0 Å². The Morgan fingerprint density at radius 1 is 1.46 bits per heavy atom. The van der Waals surface area contributed by atoms with Gasteiger partial charge in [-0.25, -0.2) is 0 Å². The Labute approximate surface area is 77.1 Å². The molecule has 0 aromatic carbocycles. The SMILES string of the molecule is [C]1=CC=CC2C1NC1C=NC=CN12. The molecule has 0 aromatic heterocycles. The third-order valence-corrected chi connectivity index (χ3v) is 2.59. The topological polar surface area (TPSA) is 27.6 Å². The number of fused-ring (bicyclic) bond motifs is 3. The van der Waals surface area contributed by atoms with E-state index in [1.165, 1.54) is 0 Å². The van der Waals surface area contributed by atoms with Crippen LogP contribution in [0.4, 0.5) is 0 Å². The van der Waals surface area contributed by atoms with E-state index in [4.69, 9.17) is 0 Å². The zero-order valence-electron chi connectivity index (χ0n) is 7.09. The van der Waals surface area contributed by atoms with Crippen LogP contribution < -0.4 is 5.32 Å². The Kier molecular flexibility index (Phi) is 1.40. The van der Waals surface area contributed by atoms with Gasteiger partial charge in [-0.15, -0.1) is 0 Å². The Morgan fingerprint density at radius 3 is 3.46 bits per heavy atom. The molecular formula is C10H10N3. The average Bonchev–Trinajstić information content (AvgIpc) is 2.56. The van der Waals surface area contributed by atoms with Crippen LogP contribution in [-0.2, 0) is 0 Å². The molecule has 13 heavy (non-hydrogen) atoms. The molecule has 1 fully saturated rings. The normalized spacial score (nSPS) is 39.4. The first-order chi connectivity index (χ1) is 6.45. The highest BCUT2D eigenvalue weighted by Gasteiger charge is 2.36. The summed E-state index contributed by atoms with van der Waals surface area (Å²) in [5.74, 6) is 0. The fraction of sp³-hybridized carbons (Fsp3) is 0.300. The first-order valence-corrected chi connectivity index (χ1v) is 4.45. The van der Waals surface area contributed by atoms with Crippen LogP contribution in [0, 0.1) is 6.08 Å². The van der Waals surface area contributed by atoms with Gasteiger partial charge in [0, 0.05) is 18.6 Å². The summed E-state index contributed by atoms with van der Waals surface area (Å²) >= 11 is 0. The minimum Gasteiger partial charge on any atom is -0.347 e. The summed E-state index contributed by atoms with van der Waals surface area (Å²) in [5, 5.41) is 3.43. The van der Waals surface area contributed by atoms with Crippen LogP contribution in [0.1, 0.15) is 0 Å². The van der Waals surface area contributed by atoms with Gasteiger partial charge in [0.15, 0.2) is 0 Å². The lowest BCUT2D eigenvalue weighted by molar-refractivity contribution is 0.353. The summed E-state index contributed by atoms with van der Waals surface area (Å²) in [6.07, 6.45) is 15.5. The van der Waals surface area contributed by atoms with Crippen molar-refractivity contribution in [2.75, 3.05) is 0 Å². The predicted molar refractivity (Wildman–Crippen MR) is 50.9 cm³/mol. The summed E-state index contributed by atoms with van der Waals surface area (Å²) in [7, 11) is 0. The van der Waals surface area contributed by atoms with Crippen molar-refractivity contribution in [1.82, 2.24) is 10.2 Å². The van der Waals surface area contributed by atoms with Crippen LogP contribution in [0.5, 0.6) is 0 Å². The molecule has 3 aliphatic rings. The summed E-state index contributed by atoms with van der Waals surface area (Å²) in [5.41, 5.74) is 0. The molecule has 3 heteroatoms. The second-order valence-corrected chi connectivity index (χ2v) is 3.34. The minimum atomic E-state index is 0.239. The summed E-state index contributed by atoms with van der Waals surface area (Å²) in [6.45, 7) is 0. The van der Waals surface area contributed by atoms with E-state index in [0.29, 0.717) is 12.1 Å². The molecule has 1 radical (unpaired) electrons. The molecule has 1 N–H and O–H groups in total. The Balaban J connectivity index is 1.95. The van der Waals surface area contributed by atoms with Gasteiger partial charge in [-0.05, 0) is 6.08 Å². The van der Waals surface area contributed by atoms with Crippen LogP contribution >= 0.6 is 0 Å². The van der Waals surface area contributed by atoms with Crippen molar-refractivity contribution in [3.63, 3.8) is 0 Å². The van der Waals surface area contributed by atoms with E-state index in [9.17, 15) is 0 Å². The molecular weight excluding hydrogens is 162 g/mol. The molecule has 0 saturated carbocycles. The van der Waals surface area contributed by atoms with Gasteiger partial charge < -0.3 is 4.90 Å². The number of allylic oxidation sites excluding steroid dienone is 2. The van der Waals surface area contributed by atoms with E-state index in [1.54, 1.807) is 0 Å². The van der Waals surface area contributed by atoms with Crippen LogP contribution in [0.3, 0.4) is 0 Å². The quantitative estimate of drug-likeness (QED) is 0.574. The molecule has 3 atom stereocenters. The predicted octanol–water partition coefficient (Wildman–Crippen LogP) is 0.440. The third kappa shape index (κ3) is 0.971. The highest BCUT2D eigenvalue weighted by molar-refractivity contribution is 5.67. The maximum absolute atomic E-state index is 4.11. The summed E-state index contributed by atoms with van der Waals surface area (Å²) in [6, 6.07) is 0.710. The molecule has 0 amide bonds.